The van der Waals surface area contributed by atoms with E-state index in [9.17, 15) is 9.59 Å². The van der Waals surface area contributed by atoms with Crippen LogP contribution in [0.5, 0.6) is 0 Å². The van der Waals surface area contributed by atoms with Crippen LogP contribution < -0.4 is 5.56 Å². The Morgan fingerprint density at radius 1 is 1.04 bits per heavy atom. The van der Waals surface area contributed by atoms with E-state index in [1.54, 1.807) is 29.6 Å². The minimum atomic E-state index is -0.361. The van der Waals surface area contributed by atoms with Crippen molar-refractivity contribution in [1.29, 1.82) is 0 Å². The Hall–Kier alpha value is -2.60. The number of para-hydroxylation sites is 2. The lowest BCUT2D eigenvalue weighted by atomic mass is 10.0. The van der Waals surface area contributed by atoms with Crippen molar-refractivity contribution in [1.82, 2.24) is 14.5 Å². The third-order valence-electron chi connectivity index (χ3n) is 4.62. The van der Waals surface area contributed by atoms with Crippen molar-refractivity contribution in [2.45, 2.75) is 37.1 Å². The van der Waals surface area contributed by atoms with Gasteiger partial charge in [0, 0.05) is 14.1 Å². The van der Waals surface area contributed by atoms with E-state index < -0.39 is 0 Å². The van der Waals surface area contributed by atoms with Crippen LogP contribution in [-0.4, -0.2) is 39.7 Å². The van der Waals surface area contributed by atoms with E-state index in [4.69, 9.17) is 4.98 Å². The molecule has 0 N–H and O–H groups in total. The molecule has 146 valence electrons. The van der Waals surface area contributed by atoms with Gasteiger partial charge in [0.15, 0.2) is 5.16 Å². The predicted molar refractivity (Wildman–Crippen MR) is 115 cm³/mol. The van der Waals surface area contributed by atoms with Crippen LogP contribution in [0.25, 0.3) is 16.6 Å². The maximum atomic E-state index is 13.4. The van der Waals surface area contributed by atoms with E-state index in [1.165, 1.54) is 11.8 Å². The van der Waals surface area contributed by atoms with Crippen molar-refractivity contribution < 1.29 is 4.79 Å². The SMILES string of the molecule is CC(Sc1nc2ccccc2c(=O)n1-c1ccccc1C(C)C)C(=O)N(C)C. The fourth-order valence-corrected chi connectivity index (χ4v) is 4.22. The van der Waals surface area contributed by atoms with Gasteiger partial charge in [-0.25, -0.2) is 4.98 Å². The molecule has 1 aromatic heterocycles. The predicted octanol–water partition coefficient (Wildman–Crippen LogP) is 4.08. The number of hydrogen-bond acceptors (Lipinski definition) is 4. The maximum absolute atomic E-state index is 13.4. The van der Waals surface area contributed by atoms with E-state index in [2.05, 4.69) is 13.8 Å². The molecule has 3 aromatic rings. The molecule has 1 unspecified atom stereocenters. The molecule has 0 saturated heterocycles. The average Bonchev–Trinajstić information content (AvgIpc) is 2.67. The molecule has 0 bridgehead atoms. The topological polar surface area (TPSA) is 55.2 Å². The molecule has 0 spiro atoms. The van der Waals surface area contributed by atoms with Gasteiger partial charge in [-0.3, -0.25) is 14.2 Å². The van der Waals surface area contributed by atoms with Crippen molar-refractivity contribution in [2.24, 2.45) is 0 Å². The minimum absolute atomic E-state index is 0.0175. The molecule has 28 heavy (non-hydrogen) atoms. The van der Waals surface area contributed by atoms with Crippen LogP contribution in [0.15, 0.2) is 58.5 Å². The minimum Gasteiger partial charge on any atom is -0.348 e. The number of benzene rings is 2. The first-order valence-electron chi connectivity index (χ1n) is 9.30. The van der Waals surface area contributed by atoms with Crippen molar-refractivity contribution in [2.75, 3.05) is 14.1 Å². The van der Waals surface area contributed by atoms with E-state index in [1.807, 2.05) is 49.4 Å². The van der Waals surface area contributed by atoms with Crippen LogP contribution in [0.4, 0.5) is 0 Å². The third kappa shape index (κ3) is 3.83. The highest BCUT2D eigenvalue weighted by atomic mass is 32.2. The summed E-state index contributed by atoms with van der Waals surface area (Å²) < 4.78 is 1.65. The average molecular weight is 396 g/mol. The number of carbonyl (C=O) groups is 1. The normalized spacial score (nSPS) is 12.4. The fourth-order valence-electron chi connectivity index (χ4n) is 3.16. The number of hydrogen-bond donors (Lipinski definition) is 0. The van der Waals surface area contributed by atoms with Crippen LogP contribution in [0.1, 0.15) is 32.3 Å². The first-order valence-corrected chi connectivity index (χ1v) is 10.2. The second-order valence-corrected chi connectivity index (χ2v) is 8.57. The van der Waals surface area contributed by atoms with Crippen molar-refractivity contribution >= 4 is 28.6 Å². The quantitative estimate of drug-likeness (QED) is 0.483. The molecule has 2 aromatic carbocycles. The number of carbonyl (C=O) groups excluding carboxylic acids is 1. The summed E-state index contributed by atoms with van der Waals surface area (Å²) in [5.41, 5.74) is 2.39. The summed E-state index contributed by atoms with van der Waals surface area (Å²) in [6, 6.07) is 15.2. The van der Waals surface area contributed by atoms with Gasteiger partial charge in [-0.1, -0.05) is 55.9 Å². The summed E-state index contributed by atoms with van der Waals surface area (Å²) in [6.45, 7) is 6.04. The number of nitrogens with zero attached hydrogens (tertiary/aromatic N) is 3. The molecule has 1 amide bonds. The molecule has 1 heterocycles. The summed E-state index contributed by atoms with van der Waals surface area (Å²) in [5, 5.41) is 0.733. The Balaban J connectivity index is 2.27. The summed E-state index contributed by atoms with van der Waals surface area (Å²) in [5.74, 6) is 0.226. The standard InChI is InChI=1S/C22H25N3O2S/c1-14(2)16-10-7-9-13-19(16)25-21(27)17-11-6-8-12-18(17)23-22(25)28-15(3)20(26)24(4)5/h6-15H,1-5H3. The Bertz CT molecular complexity index is 1070. The highest BCUT2D eigenvalue weighted by Crippen LogP contribution is 2.29. The van der Waals surface area contributed by atoms with Crippen LogP contribution >= 0.6 is 11.8 Å². The number of thioether (sulfide) groups is 1. The molecule has 0 aliphatic heterocycles. The molecule has 5 nitrogen and oxygen atoms in total. The monoisotopic (exact) mass is 395 g/mol. The van der Waals surface area contributed by atoms with Crippen molar-refractivity contribution in [3.8, 4) is 5.69 Å². The van der Waals surface area contributed by atoms with E-state index >= 15 is 0 Å². The lowest BCUT2D eigenvalue weighted by molar-refractivity contribution is -0.127. The highest BCUT2D eigenvalue weighted by Gasteiger charge is 2.22. The zero-order chi connectivity index (χ0) is 20.4. The second-order valence-electron chi connectivity index (χ2n) is 7.26. The maximum Gasteiger partial charge on any atom is 0.266 e. The van der Waals surface area contributed by atoms with Gasteiger partial charge >= 0.3 is 0 Å². The summed E-state index contributed by atoms with van der Waals surface area (Å²) >= 11 is 1.31. The molecule has 0 aliphatic carbocycles. The van der Waals surface area contributed by atoms with E-state index in [0.29, 0.717) is 16.1 Å². The Morgan fingerprint density at radius 2 is 1.68 bits per heavy atom. The van der Waals surface area contributed by atoms with E-state index in [-0.39, 0.29) is 22.6 Å². The fraction of sp³-hybridized carbons (Fsp3) is 0.318. The van der Waals surface area contributed by atoms with Gasteiger partial charge in [0.1, 0.15) is 0 Å². The van der Waals surface area contributed by atoms with Crippen LogP contribution in [0.2, 0.25) is 0 Å². The van der Waals surface area contributed by atoms with Gasteiger partial charge < -0.3 is 4.90 Å². The Morgan fingerprint density at radius 3 is 2.36 bits per heavy atom. The van der Waals surface area contributed by atoms with Gasteiger partial charge in [-0.15, -0.1) is 0 Å². The smallest absolute Gasteiger partial charge is 0.266 e. The van der Waals surface area contributed by atoms with Gasteiger partial charge in [0.05, 0.1) is 21.8 Å². The number of rotatable bonds is 5. The molecule has 6 heteroatoms. The summed E-state index contributed by atoms with van der Waals surface area (Å²) in [6.07, 6.45) is 0. The van der Waals surface area contributed by atoms with Gasteiger partial charge in [-0.05, 0) is 36.6 Å². The summed E-state index contributed by atoms with van der Waals surface area (Å²) in [7, 11) is 3.46. The second kappa shape index (κ2) is 8.19. The number of aromatic nitrogens is 2. The lowest BCUT2D eigenvalue weighted by Gasteiger charge is -2.21. The molecule has 3 rings (SSSR count). The van der Waals surface area contributed by atoms with Crippen LogP contribution in [-0.2, 0) is 4.79 Å². The molecule has 0 radical (unpaired) electrons. The van der Waals surface area contributed by atoms with E-state index in [0.717, 1.165) is 11.3 Å². The lowest BCUT2D eigenvalue weighted by Crippen LogP contribution is -2.31. The zero-order valence-corrected chi connectivity index (χ0v) is 17.7. The van der Waals surface area contributed by atoms with Crippen LogP contribution in [0, 0.1) is 0 Å². The van der Waals surface area contributed by atoms with Crippen molar-refractivity contribution in [3.63, 3.8) is 0 Å². The molecule has 1 atom stereocenters. The largest absolute Gasteiger partial charge is 0.348 e. The Kier molecular flexibility index (Phi) is 5.89. The number of amides is 1. The third-order valence-corrected chi connectivity index (χ3v) is 5.66. The van der Waals surface area contributed by atoms with Gasteiger partial charge in [-0.2, -0.15) is 0 Å². The molecule has 0 aliphatic rings. The summed E-state index contributed by atoms with van der Waals surface area (Å²) in [4.78, 5) is 32.1. The Labute approximate surface area is 169 Å². The molecule has 0 fully saturated rings. The molecular weight excluding hydrogens is 370 g/mol. The molecular formula is C22H25N3O2S. The molecule has 0 saturated carbocycles. The van der Waals surface area contributed by atoms with Gasteiger partial charge in [0.2, 0.25) is 5.91 Å². The first-order chi connectivity index (χ1) is 13.3. The van der Waals surface area contributed by atoms with Crippen molar-refractivity contribution in [3.05, 3.63) is 64.4 Å². The zero-order valence-electron chi connectivity index (χ0n) is 16.8. The van der Waals surface area contributed by atoms with Crippen LogP contribution in [0.3, 0.4) is 0 Å². The number of fused-ring (bicyclic) bond motifs is 1. The first kappa shape index (κ1) is 20.1. The van der Waals surface area contributed by atoms with Gasteiger partial charge in [0.25, 0.3) is 5.56 Å². The highest BCUT2D eigenvalue weighted by molar-refractivity contribution is 8.00.